The molecule has 0 saturated carbocycles. The second-order valence-corrected chi connectivity index (χ2v) is 4.35. The van der Waals surface area contributed by atoms with E-state index in [-0.39, 0.29) is 18.7 Å². The Morgan fingerprint density at radius 3 is 2.78 bits per heavy atom. The summed E-state index contributed by atoms with van der Waals surface area (Å²) in [6.07, 6.45) is -0.00906. The number of hydrogen-bond acceptors (Lipinski definition) is 4. The molecule has 0 unspecified atom stereocenters. The van der Waals surface area contributed by atoms with Gasteiger partial charge in [-0.2, -0.15) is 0 Å². The maximum atomic E-state index is 10.8. The number of nitro groups is 1. The minimum absolute atomic E-state index is 0.00906. The molecule has 1 rings (SSSR count). The minimum Gasteiger partial charge on any atom is -0.481 e. The number of halogens is 1. The Labute approximate surface area is 109 Å². The molecule has 1 aromatic carbocycles. The monoisotopic (exact) mass is 272 g/mol. The maximum Gasteiger partial charge on any atom is 0.304 e. The fraction of sp³-hybridized carbons (Fsp3) is 0.364. The van der Waals surface area contributed by atoms with Gasteiger partial charge in [-0.25, -0.2) is 0 Å². The maximum absolute atomic E-state index is 10.8. The standard InChI is InChI=1S/C11H13ClN2O4/c1-13(5-4-11(15)16)7-8-6-9(12)2-3-10(8)14(17)18/h2-3,6H,4-5,7H2,1H3,(H,15,16). The summed E-state index contributed by atoms with van der Waals surface area (Å²) < 4.78 is 0. The van der Waals surface area contributed by atoms with Gasteiger partial charge in [-0.05, 0) is 19.2 Å². The van der Waals surface area contributed by atoms with E-state index in [1.165, 1.54) is 18.2 Å². The zero-order valence-corrected chi connectivity index (χ0v) is 10.6. The van der Waals surface area contributed by atoms with E-state index in [0.717, 1.165) is 0 Å². The lowest BCUT2D eigenvalue weighted by Gasteiger charge is -2.15. The van der Waals surface area contributed by atoms with Crippen molar-refractivity contribution in [1.82, 2.24) is 4.90 Å². The number of benzene rings is 1. The van der Waals surface area contributed by atoms with Crippen LogP contribution < -0.4 is 0 Å². The highest BCUT2D eigenvalue weighted by Gasteiger charge is 2.15. The number of nitro benzene ring substituents is 1. The number of carbonyl (C=O) groups is 1. The zero-order chi connectivity index (χ0) is 13.7. The van der Waals surface area contributed by atoms with Crippen molar-refractivity contribution in [2.75, 3.05) is 13.6 Å². The highest BCUT2D eigenvalue weighted by atomic mass is 35.5. The predicted molar refractivity (Wildman–Crippen MR) is 66.7 cm³/mol. The topological polar surface area (TPSA) is 83.7 Å². The highest BCUT2D eigenvalue weighted by molar-refractivity contribution is 6.30. The lowest BCUT2D eigenvalue weighted by Crippen LogP contribution is -2.21. The summed E-state index contributed by atoms with van der Waals surface area (Å²) in [5.74, 6) is -0.901. The van der Waals surface area contributed by atoms with Crippen LogP contribution in [0.25, 0.3) is 0 Å². The van der Waals surface area contributed by atoms with Crippen molar-refractivity contribution in [3.05, 3.63) is 38.9 Å². The third-order valence-corrected chi connectivity index (χ3v) is 2.62. The van der Waals surface area contributed by atoms with Crippen LogP contribution >= 0.6 is 11.6 Å². The van der Waals surface area contributed by atoms with Crippen molar-refractivity contribution in [3.8, 4) is 0 Å². The average Bonchev–Trinajstić information content (AvgIpc) is 2.26. The Balaban J connectivity index is 2.79. The summed E-state index contributed by atoms with van der Waals surface area (Å²) in [5.41, 5.74) is 0.460. The smallest absolute Gasteiger partial charge is 0.304 e. The van der Waals surface area contributed by atoms with E-state index in [9.17, 15) is 14.9 Å². The van der Waals surface area contributed by atoms with Crippen LogP contribution in [0.3, 0.4) is 0 Å². The van der Waals surface area contributed by atoms with Gasteiger partial charge < -0.3 is 10.0 Å². The molecule has 0 aromatic heterocycles. The molecule has 0 amide bonds. The first-order valence-corrected chi connectivity index (χ1v) is 5.61. The average molecular weight is 273 g/mol. The molecule has 7 heteroatoms. The van der Waals surface area contributed by atoms with Crippen LogP contribution in [0.4, 0.5) is 5.69 Å². The van der Waals surface area contributed by atoms with Crippen LogP contribution in [-0.2, 0) is 11.3 Å². The van der Waals surface area contributed by atoms with E-state index in [4.69, 9.17) is 16.7 Å². The Morgan fingerprint density at radius 1 is 1.56 bits per heavy atom. The Bertz CT molecular complexity index is 464. The summed E-state index contributed by atoms with van der Waals surface area (Å²) in [7, 11) is 1.70. The van der Waals surface area contributed by atoms with E-state index in [0.29, 0.717) is 17.1 Å². The van der Waals surface area contributed by atoms with Crippen molar-refractivity contribution in [3.63, 3.8) is 0 Å². The number of carboxylic acids is 1. The SMILES string of the molecule is CN(CCC(=O)O)Cc1cc(Cl)ccc1[N+](=O)[O-]. The first kappa shape index (κ1) is 14.4. The van der Waals surface area contributed by atoms with Gasteiger partial charge in [0.2, 0.25) is 0 Å². The van der Waals surface area contributed by atoms with Crippen LogP contribution in [0, 0.1) is 10.1 Å². The molecular weight excluding hydrogens is 260 g/mol. The van der Waals surface area contributed by atoms with Crippen LogP contribution in [0.15, 0.2) is 18.2 Å². The van der Waals surface area contributed by atoms with Gasteiger partial charge in [-0.15, -0.1) is 0 Å². The molecule has 18 heavy (non-hydrogen) atoms. The Morgan fingerprint density at radius 2 is 2.22 bits per heavy atom. The molecule has 0 saturated heterocycles. The van der Waals surface area contributed by atoms with Crippen LogP contribution in [-0.4, -0.2) is 34.5 Å². The number of rotatable bonds is 6. The Hall–Kier alpha value is -1.66. The van der Waals surface area contributed by atoms with Crippen molar-refractivity contribution >= 4 is 23.3 Å². The highest BCUT2D eigenvalue weighted by Crippen LogP contribution is 2.23. The largest absolute Gasteiger partial charge is 0.481 e. The van der Waals surface area contributed by atoms with E-state index >= 15 is 0 Å². The third kappa shape index (κ3) is 4.31. The molecule has 98 valence electrons. The number of aliphatic carboxylic acids is 1. The van der Waals surface area contributed by atoms with Gasteiger partial charge in [0, 0.05) is 29.7 Å². The van der Waals surface area contributed by atoms with Crippen LogP contribution in [0.2, 0.25) is 5.02 Å². The van der Waals surface area contributed by atoms with Crippen molar-refractivity contribution in [2.24, 2.45) is 0 Å². The first-order valence-electron chi connectivity index (χ1n) is 5.23. The van der Waals surface area contributed by atoms with Gasteiger partial charge in [0.25, 0.3) is 5.69 Å². The molecule has 0 fully saturated rings. The van der Waals surface area contributed by atoms with E-state index < -0.39 is 10.9 Å². The number of carboxylic acid groups (broad SMARTS) is 1. The molecule has 0 aliphatic heterocycles. The third-order valence-electron chi connectivity index (χ3n) is 2.39. The molecular formula is C11H13ClN2O4. The number of hydrogen-bond donors (Lipinski definition) is 1. The van der Waals surface area contributed by atoms with E-state index in [1.807, 2.05) is 0 Å². The summed E-state index contributed by atoms with van der Waals surface area (Å²) in [4.78, 5) is 22.5. The zero-order valence-electron chi connectivity index (χ0n) is 9.80. The molecule has 0 bridgehead atoms. The molecule has 0 heterocycles. The van der Waals surface area contributed by atoms with Crippen LogP contribution in [0.5, 0.6) is 0 Å². The van der Waals surface area contributed by atoms with Gasteiger partial charge in [0.15, 0.2) is 0 Å². The summed E-state index contributed by atoms with van der Waals surface area (Å²) >= 11 is 5.80. The van der Waals surface area contributed by atoms with E-state index in [2.05, 4.69) is 0 Å². The fourth-order valence-electron chi connectivity index (χ4n) is 1.52. The van der Waals surface area contributed by atoms with Gasteiger partial charge in [-0.3, -0.25) is 14.9 Å². The predicted octanol–water partition coefficient (Wildman–Crippen LogP) is 2.15. The molecule has 0 aliphatic carbocycles. The van der Waals surface area contributed by atoms with E-state index in [1.54, 1.807) is 11.9 Å². The molecule has 6 nitrogen and oxygen atoms in total. The molecule has 0 radical (unpaired) electrons. The van der Waals surface area contributed by atoms with Gasteiger partial charge in [-0.1, -0.05) is 11.6 Å². The lowest BCUT2D eigenvalue weighted by atomic mass is 10.1. The van der Waals surface area contributed by atoms with Gasteiger partial charge >= 0.3 is 5.97 Å². The Kier molecular flexibility index (Phi) is 5.06. The minimum atomic E-state index is -0.901. The van der Waals surface area contributed by atoms with Crippen molar-refractivity contribution in [1.29, 1.82) is 0 Å². The quantitative estimate of drug-likeness (QED) is 0.634. The molecule has 0 atom stereocenters. The number of nitrogens with zero attached hydrogens (tertiary/aromatic N) is 2. The first-order chi connectivity index (χ1) is 8.40. The molecule has 0 aliphatic rings. The van der Waals surface area contributed by atoms with Crippen molar-refractivity contribution < 1.29 is 14.8 Å². The summed E-state index contributed by atoms with van der Waals surface area (Å²) in [6, 6.07) is 4.33. The molecule has 0 spiro atoms. The van der Waals surface area contributed by atoms with Crippen molar-refractivity contribution in [2.45, 2.75) is 13.0 Å². The fourth-order valence-corrected chi connectivity index (χ4v) is 1.71. The summed E-state index contributed by atoms with van der Waals surface area (Å²) in [6.45, 7) is 0.600. The van der Waals surface area contributed by atoms with Gasteiger partial charge in [0.05, 0.1) is 11.3 Å². The second kappa shape index (κ2) is 6.32. The van der Waals surface area contributed by atoms with Gasteiger partial charge in [0.1, 0.15) is 0 Å². The second-order valence-electron chi connectivity index (χ2n) is 3.91. The summed E-state index contributed by atoms with van der Waals surface area (Å²) in [5, 5.41) is 19.8. The molecule has 1 aromatic rings. The normalized spacial score (nSPS) is 10.6. The van der Waals surface area contributed by atoms with Crippen LogP contribution in [0.1, 0.15) is 12.0 Å². The molecule has 1 N–H and O–H groups in total. The lowest BCUT2D eigenvalue weighted by molar-refractivity contribution is -0.385.